The highest BCUT2D eigenvalue weighted by molar-refractivity contribution is 5.50. The summed E-state index contributed by atoms with van der Waals surface area (Å²) in [6, 6.07) is 6.30. The molecule has 0 aromatic heterocycles. The summed E-state index contributed by atoms with van der Waals surface area (Å²) in [4.78, 5) is 10.4. The molecule has 1 aromatic rings. The average Bonchev–Trinajstić information content (AvgIpc) is 2.37. The molecule has 0 radical (unpaired) electrons. The van der Waals surface area contributed by atoms with Crippen molar-refractivity contribution in [3.63, 3.8) is 0 Å². The van der Waals surface area contributed by atoms with Crippen LogP contribution in [0.25, 0.3) is 0 Å². The van der Waals surface area contributed by atoms with Crippen LogP contribution < -0.4 is 15.2 Å². The standard InChI is InChI=1S/C13H17N3O4/c1-9(7-13(2,15)8-14)20-10-4-5-12(19-3)11(6-10)16(17)18/h4-6,9H,7,15H2,1-3H3. The molecule has 0 spiro atoms. The summed E-state index contributed by atoms with van der Waals surface area (Å²) in [5, 5.41) is 19.8. The number of hydrogen-bond acceptors (Lipinski definition) is 6. The largest absolute Gasteiger partial charge is 0.490 e. The predicted octanol–water partition coefficient (Wildman–Crippen LogP) is 2.00. The SMILES string of the molecule is COc1ccc(OC(C)CC(C)(N)C#N)cc1[N+](=O)[O-]. The van der Waals surface area contributed by atoms with Crippen LogP contribution in [0, 0.1) is 21.4 Å². The molecule has 2 atom stereocenters. The van der Waals surface area contributed by atoms with E-state index in [2.05, 4.69) is 0 Å². The minimum absolute atomic E-state index is 0.163. The third-order valence-corrected chi connectivity index (χ3v) is 2.65. The van der Waals surface area contributed by atoms with E-state index in [0.29, 0.717) is 12.2 Å². The van der Waals surface area contributed by atoms with Crippen molar-refractivity contribution < 1.29 is 14.4 Å². The Hall–Kier alpha value is -2.33. The van der Waals surface area contributed by atoms with Gasteiger partial charge in [0.25, 0.3) is 0 Å². The second kappa shape index (κ2) is 6.21. The van der Waals surface area contributed by atoms with Crippen LogP contribution in [0.15, 0.2) is 18.2 Å². The van der Waals surface area contributed by atoms with Crippen LogP contribution in [-0.2, 0) is 0 Å². The van der Waals surface area contributed by atoms with Crippen molar-refractivity contribution in [2.75, 3.05) is 7.11 Å². The molecule has 0 saturated carbocycles. The molecular weight excluding hydrogens is 262 g/mol. The lowest BCUT2D eigenvalue weighted by molar-refractivity contribution is -0.385. The van der Waals surface area contributed by atoms with Gasteiger partial charge in [0, 0.05) is 6.42 Å². The molecule has 0 fully saturated rings. The van der Waals surface area contributed by atoms with Crippen LogP contribution in [0.3, 0.4) is 0 Å². The molecule has 20 heavy (non-hydrogen) atoms. The Morgan fingerprint density at radius 1 is 1.60 bits per heavy atom. The van der Waals surface area contributed by atoms with Crippen LogP contribution in [0.2, 0.25) is 0 Å². The lowest BCUT2D eigenvalue weighted by Gasteiger charge is -2.21. The van der Waals surface area contributed by atoms with Gasteiger partial charge in [-0.25, -0.2) is 0 Å². The molecular formula is C13H17N3O4. The van der Waals surface area contributed by atoms with E-state index in [0.717, 1.165) is 0 Å². The van der Waals surface area contributed by atoms with Gasteiger partial charge in [0.2, 0.25) is 0 Å². The zero-order valence-electron chi connectivity index (χ0n) is 11.6. The van der Waals surface area contributed by atoms with Crippen LogP contribution >= 0.6 is 0 Å². The Morgan fingerprint density at radius 2 is 2.25 bits per heavy atom. The zero-order valence-corrected chi connectivity index (χ0v) is 11.6. The number of nitrogens with zero attached hydrogens (tertiary/aromatic N) is 2. The first-order valence-corrected chi connectivity index (χ1v) is 5.98. The number of benzene rings is 1. The van der Waals surface area contributed by atoms with Crippen LogP contribution in [0.4, 0.5) is 5.69 Å². The third kappa shape index (κ3) is 4.10. The maximum absolute atomic E-state index is 10.9. The van der Waals surface area contributed by atoms with E-state index in [9.17, 15) is 10.1 Å². The first-order valence-electron chi connectivity index (χ1n) is 5.98. The topological polar surface area (TPSA) is 111 Å². The van der Waals surface area contributed by atoms with Crippen molar-refractivity contribution in [1.29, 1.82) is 5.26 Å². The van der Waals surface area contributed by atoms with Crippen molar-refractivity contribution in [2.24, 2.45) is 5.73 Å². The number of nitrogens with two attached hydrogens (primary N) is 1. The van der Waals surface area contributed by atoms with Crippen LogP contribution in [0.1, 0.15) is 20.3 Å². The van der Waals surface area contributed by atoms with E-state index in [1.807, 2.05) is 6.07 Å². The molecule has 1 aromatic carbocycles. The molecule has 0 amide bonds. The fraction of sp³-hybridized carbons (Fsp3) is 0.462. The molecule has 7 nitrogen and oxygen atoms in total. The maximum atomic E-state index is 10.9. The predicted molar refractivity (Wildman–Crippen MR) is 72.6 cm³/mol. The van der Waals surface area contributed by atoms with Crippen molar-refractivity contribution in [3.05, 3.63) is 28.3 Å². The monoisotopic (exact) mass is 279 g/mol. The second-order valence-electron chi connectivity index (χ2n) is 4.75. The molecule has 0 aliphatic heterocycles. The Bertz CT molecular complexity index is 537. The highest BCUT2D eigenvalue weighted by Crippen LogP contribution is 2.31. The van der Waals surface area contributed by atoms with E-state index >= 15 is 0 Å². The number of hydrogen-bond donors (Lipinski definition) is 1. The molecule has 1 rings (SSSR count). The molecule has 2 N–H and O–H groups in total. The van der Waals surface area contributed by atoms with Gasteiger partial charge in [0.1, 0.15) is 11.3 Å². The molecule has 2 unspecified atom stereocenters. The van der Waals surface area contributed by atoms with Gasteiger partial charge in [-0.1, -0.05) is 0 Å². The quantitative estimate of drug-likeness (QED) is 0.629. The third-order valence-electron chi connectivity index (χ3n) is 2.65. The van der Waals surface area contributed by atoms with Crippen molar-refractivity contribution >= 4 is 5.69 Å². The number of nitro groups is 1. The molecule has 0 heterocycles. The van der Waals surface area contributed by atoms with Gasteiger partial charge in [-0.05, 0) is 26.0 Å². The van der Waals surface area contributed by atoms with Crippen molar-refractivity contribution in [3.8, 4) is 17.6 Å². The Morgan fingerprint density at radius 3 is 2.75 bits per heavy atom. The Labute approximate surface area is 117 Å². The zero-order chi connectivity index (χ0) is 15.3. The lowest BCUT2D eigenvalue weighted by atomic mass is 9.98. The summed E-state index contributed by atoms with van der Waals surface area (Å²) in [5.41, 5.74) is 4.55. The summed E-state index contributed by atoms with van der Waals surface area (Å²) in [6.07, 6.45) is -0.0405. The van der Waals surface area contributed by atoms with E-state index in [1.165, 1.54) is 19.2 Å². The van der Waals surface area contributed by atoms with E-state index in [4.69, 9.17) is 20.5 Å². The van der Waals surface area contributed by atoms with Gasteiger partial charge in [0.15, 0.2) is 5.75 Å². The summed E-state index contributed by atoms with van der Waals surface area (Å²) >= 11 is 0. The van der Waals surface area contributed by atoms with Gasteiger partial charge in [-0.3, -0.25) is 10.1 Å². The van der Waals surface area contributed by atoms with Crippen molar-refractivity contribution in [1.82, 2.24) is 0 Å². The summed E-state index contributed by atoms with van der Waals surface area (Å²) < 4.78 is 10.5. The summed E-state index contributed by atoms with van der Waals surface area (Å²) in [6.45, 7) is 3.35. The molecule has 0 saturated heterocycles. The number of nitriles is 1. The molecule has 0 aliphatic carbocycles. The van der Waals surface area contributed by atoms with E-state index in [-0.39, 0.29) is 17.5 Å². The number of ether oxygens (including phenoxy) is 2. The van der Waals surface area contributed by atoms with Gasteiger partial charge < -0.3 is 15.2 Å². The first-order chi connectivity index (χ1) is 9.29. The van der Waals surface area contributed by atoms with E-state index < -0.39 is 10.5 Å². The van der Waals surface area contributed by atoms with Crippen molar-refractivity contribution in [2.45, 2.75) is 31.9 Å². The first kappa shape index (κ1) is 15.7. The molecule has 108 valence electrons. The lowest BCUT2D eigenvalue weighted by Crippen LogP contribution is -2.38. The van der Waals surface area contributed by atoms with Gasteiger partial charge in [-0.15, -0.1) is 0 Å². The Kier molecular flexibility index (Phi) is 4.88. The maximum Gasteiger partial charge on any atom is 0.314 e. The Balaban J connectivity index is 2.86. The van der Waals surface area contributed by atoms with Gasteiger partial charge in [-0.2, -0.15) is 5.26 Å². The number of rotatable bonds is 6. The highest BCUT2D eigenvalue weighted by Gasteiger charge is 2.23. The fourth-order valence-corrected chi connectivity index (χ4v) is 1.80. The average molecular weight is 279 g/mol. The molecule has 0 bridgehead atoms. The minimum Gasteiger partial charge on any atom is -0.490 e. The van der Waals surface area contributed by atoms with Crippen LogP contribution in [0.5, 0.6) is 11.5 Å². The van der Waals surface area contributed by atoms with Gasteiger partial charge >= 0.3 is 5.69 Å². The smallest absolute Gasteiger partial charge is 0.314 e. The normalized spacial score (nSPS) is 14.8. The number of nitro benzene ring substituents is 1. The summed E-state index contributed by atoms with van der Waals surface area (Å²) in [5.74, 6) is 0.495. The second-order valence-corrected chi connectivity index (χ2v) is 4.75. The minimum atomic E-state index is -1.00. The molecule has 0 aliphatic rings. The molecule has 7 heteroatoms. The number of methoxy groups -OCH3 is 1. The van der Waals surface area contributed by atoms with E-state index in [1.54, 1.807) is 19.9 Å². The summed E-state index contributed by atoms with van der Waals surface area (Å²) in [7, 11) is 1.36. The van der Waals surface area contributed by atoms with Gasteiger partial charge in [0.05, 0.1) is 30.3 Å². The van der Waals surface area contributed by atoms with Crippen LogP contribution in [-0.4, -0.2) is 23.7 Å². The fourth-order valence-electron chi connectivity index (χ4n) is 1.80. The highest BCUT2D eigenvalue weighted by atomic mass is 16.6.